The minimum atomic E-state index is 1.11. The SMILES string of the molecule is Cc1ccc(N(c2ccc(-c3ccc4ccc5c(-c6ccc(N(c7ccc(-c8ccccc8)cc7)c7ccccc7-c7ccccc7)s6)ccc6ccc3c4c65)s2)c2ccccc2-c2ccccc2)cc1. The fourth-order valence-corrected chi connectivity index (χ4v) is 12.5. The smallest absolute Gasteiger partial charge is 0.101 e. The molecule has 0 spiro atoms. The van der Waals surface area contributed by atoms with Crippen LogP contribution in [0.15, 0.2) is 261 Å². The van der Waals surface area contributed by atoms with Crippen LogP contribution in [0.3, 0.4) is 0 Å². The Morgan fingerprint density at radius 3 is 1.13 bits per heavy atom. The summed E-state index contributed by atoms with van der Waals surface area (Å²) >= 11 is 3.69. The highest BCUT2D eigenvalue weighted by molar-refractivity contribution is 7.20. The molecule has 0 unspecified atom stereocenters. The average Bonchev–Trinajstić information content (AvgIpc) is 4.13. The van der Waals surface area contributed by atoms with Gasteiger partial charge < -0.3 is 9.80 Å². The van der Waals surface area contributed by atoms with Gasteiger partial charge in [0, 0.05) is 32.3 Å². The number of hydrogen-bond donors (Lipinski definition) is 0. The largest absolute Gasteiger partial charge is 0.301 e. The van der Waals surface area contributed by atoms with Gasteiger partial charge in [0.05, 0.1) is 11.4 Å². The quantitative estimate of drug-likeness (QED) is 0.119. The molecule has 0 bridgehead atoms. The van der Waals surface area contributed by atoms with E-state index in [0.717, 1.165) is 27.8 Å². The van der Waals surface area contributed by atoms with E-state index in [2.05, 4.69) is 278 Å². The summed E-state index contributed by atoms with van der Waals surface area (Å²) < 4.78 is 0. The zero-order valence-electron chi connectivity index (χ0n) is 39.0. The van der Waals surface area contributed by atoms with Crippen LogP contribution in [0.25, 0.3) is 86.6 Å². The fraction of sp³-hybridized carbons (Fsp3) is 0.0149. The molecule has 0 aliphatic heterocycles. The molecule has 13 aromatic rings. The van der Waals surface area contributed by atoms with Crippen molar-refractivity contribution in [3.8, 4) is 54.3 Å². The average molecular weight is 943 g/mol. The molecule has 2 heterocycles. The van der Waals surface area contributed by atoms with Gasteiger partial charge in [0.2, 0.25) is 0 Å². The van der Waals surface area contributed by atoms with Crippen LogP contribution < -0.4 is 9.80 Å². The summed E-state index contributed by atoms with van der Waals surface area (Å²) in [6, 6.07) is 95.4. The molecule has 0 saturated carbocycles. The van der Waals surface area contributed by atoms with Crippen LogP contribution in [-0.4, -0.2) is 0 Å². The predicted molar refractivity (Wildman–Crippen MR) is 307 cm³/mol. The normalized spacial score (nSPS) is 11.5. The number of para-hydroxylation sites is 2. The van der Waals surface area contributed by atoms with Crippen molar-refractivity contribution in [2.45, 2.75) is 6.92 Å². The minimum absolute atomic E-state index is 1.11. The molecule has 0 amide bonds. The van der Waals surface area contributed by atoms with Crippen LogP contribution in [0.2, 0.25) is 0 Å². The maximum absolute atomic E-state index is 2.43. The third-order valence-corrected chi connectivity index (χ3v) is 16.0. The minimum Gasteiger partial charge on any atom is -0.301 e. The van der Waals surface area contributed by atoms with Crippen LogP contribution in [0.1, 0.15) is 5.56 Å². The van der Waals surface area contributed by atoms with Crippen LogP contribution in [0.4, 0.5) is 32.8 Å². The Hall–Kier alpha value is -8.54. The first-order valence-electron chi connectivity index (χ1n) is 24.2. The first-order chi connectivity index (χ1) is 35.1. The second-order valence-electron chi connectivity index (χ2n) is 18.1. The van der Waals surface area contributed by atoms with Crippen molar-refractivity contribution in [3.05, 3.63) is 266 Å². The van der Waals surface area contributed by atoms with E-state index in [9.17, 15) is 0 Å². The molecule has 0 saturated heterocycles. The van der Waals surface area contributed by atoms with E-state index in [4.69, 9.17) is 0 Å². The lowest BCUT2D eigenvalue weighted by atomic mass is 9.89. The number of nitrogens with zero attached hydrogens (tertiary/aromatic N) is 2. The Morgan fingerprint density at radius 2 is 0.662 bits per heavy atom. The second-order valence-corrected chi connectivity index (χ2v) is 20.2. The van der Waals surface area contributed by atoms with E-state index >= 15 is 0 Å². The summed E-state index contributed by atoms with van der Waals surface area (Å²) in [6.45, 7) is 2.15. The molecule has 336 valence electrons. The summed E-state index contributed by atoms with van der Waals surface area (Å²) in [7, 11) is 0. The Kier molecular flexibility index (Phi) is 10.8. The summed E-state index contributed by atoms with van der Waals surface area (Å²) in [5.74, 6) is 0. The Labute approximate surface area is 422 Å². The highest BCUT2D eigenvalue weighted by Crippen LogP contribution is 2.50. The topological polar surface area (TPSA) is 6.48 Å². The Morgan fingerprint density at radius 1 is 0.282 bits per heavy atom. The van der Waals surface area contributed by atoms with Gasteiger partial charge in [-0.3, -0.25) is 0 Å². The third kappa shape index (κ3) is 7.75. The Bertz CT molecular complexity index is 3990. The van der Waals surface area contributed by atoms with E-state index in [1.54, 1.807) is 0 Å². The molecule has 13 rings (SSSR count). The lowest BCUT2D eigenvalue weighted by Crippen LogP contribution is -2.09. The van der Waals surface area contributed by atoms with Crippen LogP contribution in [0.5, 0.6) is 0 Å². The first kappa shape index (κ1) is 42.6. The molecular weight excluding hydrogens is 897 g/mol. The summed E-state index contributed by atoms with van der Waals surface area (Å²) in [4.78, 5) is 7.33. The maximum atomic E-state index is 2.43. The molecule has 4 heteroatoms. The molecule has 71 heavy (non-hydrogen) atoms. The van der Waals surface area contributed by atoms with E-state index < -0.39 is 0 Å². The summed E-state index contributed by atoms with van der Waals surface area (Å²) in [6.07, 6.45) is 0. The van der Waals surface area contributed by atoms with E-state index in [1.807, 2.05) is 22.7 Å². The molecule has 2 aromatic heterocycles. The van der Waals surface area contributed by atoms with E-state index in [0.29, 0.717) is 0 Å². The second kappa shape index (κ2) is 18.1. The number of aryl methyl sites for hydroxylation is 1. The van der Waals surface area contributed by atoms with Gasteiger partial charge >= 0.3 is 0 Å². The van der Waals surface area contributed by atoms with Crippen molar-refractivity contribution in [2.24, 2.45) is 0 Å². The molecule has 0 fully saturated rings. The van der Waals surface area contributed by atoms with Crippen molar-refractivity contribution in [1.82, 2.24) is 0 Å². The van der Waals surface area contributed by atoms with Crippen molar-refractivity contribution < 1.29 is 0 Å². The molecule has 11 aromatic carbocycles. The third-order valence-electron chi connectivity index (χ3n) is 13.8. The van der Waals surface area contributed by atoms with Crippen LogP contribution in [-0.2, 0) is 0 Å². The van der Waals surface area contributed by atoms with Crippen molar-refractivity contribution in [1.29, 1.82) is 0 Å². The molecule has 0 N–H and O–H groups in total. The predicted octanol–water partition coefficient (Wildman–Crippen LogP) is 20.3. The highest BCUT2D eigenvalue weighted by atomic mass is 32.1. The molecule has 2 nitrogen and oxygen atoms in total. The van der Waals surface area contributed by atoms with Crippen molar-refractivity contribution in [2.75, 3.05) is 9.80 Å². The van der Waals surface area contributed by atoms with Gasteiger partial charge in [-0.2, -0.15) is 0 Å². The molecule has 0 aliphatic carbocycles. The van der Waals surface area contributed by atoms with Gasteiger partial charge in [-0.15, -0.1) is 22.7 Å². The zero-order valence-corrected chi connectivity index (χ0v) is 40.7. The van der Waals surface area contributed by atoms with Crippen LogP contribution >= 0.6 is 22.7 Å². The number of rotatable bonds is 11. The van der Waals surface area contributed by atoms with Gasteiger partial charge in [0.15, 0.2) is 0 Å². The number of hydrogen-bond acceptors (Lipinski definition) is 4. The summed E-state index contributed by atoms with van der Waals surface area (Å²) in [5, 5.41) is 9.99. The zero-order chi connectivity index (χ0) is 47.3. The standard InChI is InChI=1S/C67H46N2S2/c1-45-25-33-52(34-26-45)68(60-23-13-11-21-54(60)48-17-7-3-8-18-48)64-43-41-62(70-64)56-37-29-50-32-40-59-57(38-30-51-31-39-58(56)66(50)67(51)59)63-42-44-65(71-63)69(53-35-27-47(28-36-53)46-15-5-2-6-16-46)61-24-14-12-22-55(61)49-19-9-4-10-20-49/h2-44H,1H3. The molecule has 0 aliphatic rings. The van der Waals surface area contributed by atoms with Crippen molar-refractivity contribution >= 4 is 87.7 Å². The van der Waals surface area contributed by atoms with Gasteiger partial charge in [-0.25, -0.2) is 0 Å². The van der Waals surface area contributed by atoms with Gasteiger partial charge in [0.25, 0.3) is 0 Å². The van der Waals surface area contributed by atoms with Crippen molar-refractivity contribution in [3.63, 3.8) is 0 Å². The summed E-state index contributed by atoms with van der Waals surface area (Å²) in [5.41, 5.74) is 15.4. The first-order valence-corrected chi connectivity index (χ1v) is 25.8. The van der Waals surface area contributed by atoms with Gasteiger partial charge in [-0.05, 0) is 133 Å². The van der Waals surface area contributed by atoms with E-state index in [1.165, 1.54) is 97.1 Å². The fourth-order valence-electron chi connectivity index (χ4n) is 10.4. The highest BCUT2D eigenvalue weighted by Gasteiger charge is 2.23. The number of benzene rings is 11. The Balaban J connectivity index is 0.915. The van der Waals surface area contributed by atoms with E-state index in [-0.39, 0.29) is 0 Å². The van der Waals surface area contributed by atoms with Crippen LogP contribution in [0, 0.1) is 6.92 Å². The molecule has 0 radical (unpaired) electrons. The lowest BCUT2D eigenvalue weighted by molar-refractivity contribution is 1.30. The van der Waals surface area contributed by atoms with Gasteiger partial charge in [0.1, 0.15) is 10.0 Å². The molecular formula is C67H46N2S2. The monoisotopic (exact) mass is 942 g/mol. The maximum Gasteiger partial charge on any atom is 0.101 e. The lowest BCUT2D eigenvalue weighted by Gasteiger charge is -2.26. The number of thiophene rings is 2. The van der Waals surface area contributed by atoms with Gasteiger partial charge in [-0.1, -0.05) is 206 Å². The number of anilines is 6. The molecule has 0 atom stereocenters.